The molecule has 6 heteroatoms. The van der Waals surface area contributed by atoms with Crippen LogP contribution in [0.1, 0.15) is 19.3 Å². The third kappa shape index (κ3) is 4.51. The fourth-order valence-electron chi connectivity index (χ4n) is 1.65. The zero-order valence-corrected chi connectivity index (χ0v) is 8.60. The second-order valence-corrected chi connectivity index (χ2v) is 3.86. The van der Waals surface area contributed by atoms with Crippen molar-refractivity contribution >= 4 is 5.91 Å². The number of nitrogens with one attached hydrogen (secondary N) is 1. The molecule has 88 valence electrons. The minimum Gasteiger partial charge on any atom is -0.337 e. The first-order valence-corrected chi connectivity index (χ1v) is 4.92. The summed E-state index contributed by atoms with van der Waals surface area (Å²) in [6.45, 7) is -0.320. The van der Waals surface area contributed by atoms with Crippen LogP contribution in [0.4, 0.5) is 13.2 Å². The number of hydrogen-bond donors (Lipinski definition) is 1. The van der Waals surface area contributed by atoms with Crippen LogP contribution in [0.2, 0.25) is 0 Å². The molecule has 0 aromatic carbocycles. The summed E-state index contributed by atoms with van der Waals surface area (Å²) in [5.74, 6) is -0.452. The predicted octanol–water partition coefficient (Wildman–Crippen LogP) is 1.15. The number of alkyl halides is 3. The molecule has 1 fully saturated rings. The van der Waals surface area contributed by atoms with Gasteiger partial charge in [-0.1, -0.05) is 0 Å². The number of rotatable bonds is 3. The third-order valence-corrected chi connectivity index (χ3v) is 2.43. The average molecular weight is 224 g/mol. The van der Waals surface area contributed by atoms with E-state index in [1.807, 2.05) is 0 Å². The molecule has 0 radical (unpaired) electrons. The number of halogens is 3. The largest absolute Gasteiger partial charge is 0.406 e. The summed E-state index contributed by atoms with van der Waals surface area (Å²) in [5, 5.41) is 3.08. The second kappa shape index (κ2) is 4.83. The smallest absolute Gasteiger partial charge is 0.337 e. The maximum Gasteiger partial charge on any atom is 0.406 e. The van der Waals surface area contributed by atoms with Gasteiger partial charge >= 0.3 is 6.18 Å². The van der Waals surface area contributed by atoms with Crippen molar-refractivity contribution in [2.75, 3.05) is 20.1 Å². The molecule has 1 saturated heterocycles. The van der Waals surface area contributed by atoms with Gasteiger partial charge in [0.1, 0.15) is 6.54 Å². The molecular weight excluding hydrogens is 209 g/mol. The van der Waals surface area contributed by atoms with E-state index in [9.17, 15) is 18.0 Å². The van der Waals surface area contributed by atoms with E-state index in [0.29, 0.717) is 0 Å². The Morgan fingerprint density at radius 2 is 2.20 bits per heavy atom. The molecule has 0 aromatic heterocycles. The standard InChI is InChI=1S/C9H15F3N2O/c1-14(6-9(10,11)12)8(15)5-7-3-2-4-13-7/h7,13H,2-6H2,1H3. The normalized spacial score (nSPS) is 21.7. The fourth-order valence-corrected chi connectivity index (χ4v) is 1.65. The Hall–Kier alpha value is -0.780. The minimum absolute atomic E-state index is 0.0492. The van der Waals surface area contributed by atoms with Crippen LogP contribution in [0.25, 0.3) is 0 Å². The molecule has 1 amide bonds. The van der Waals surface area contributed by atoms with Crippen molar-refractivity contribution in [3.05, 3.63) is 0 Å². The van der Waals surface area contributed by atoms with Gasteiger partial charge in [0.05, 0.1) is 0 Å². The summed E-state index contributed by atoms with van der Waals surface area (Å²) in [6, 6.07) is 0.0492. The van der Waals surface area contributed by atoms with Crippen LogP contribution < -0.4 is 5.32 Å². The minimum atomic E-state index is -4.31. The molecule has 0 spiro atoms. The van der Waals surface area contributed by atoms with Crippen molar-refractivity contribution in [1.82, 2.24) is 10.2 Å². The van der Waals surface area contributed by atoms with Gasteiger partial charge in [-0.25, -0.2) is 0 Å². The number of carbonyl (C=O) groups excluding carboxylic acids is 1. The Morgan fingerprint density at radius 3 is 2.67 bits per heavy atom. The molecule has 0 saturated carbocycles. The maximum absolute atomic E-state index is 12.0. The third-order valence-electron chi connectivity index (χ3n) is 2.43. The lowest BCUT2D eigenvalue weighted by Gasteiger charge is -2.20. The molecule has 0 aromatic rings. The van der Waals surface area contributed by atoms with Gasteiger partial charge in [0.15, 0.2) is 0 Å². The first-order chi connectivity index (χ1) is 6.88. The molecular formula is C9H15F3N2O. The van der Waals surface area contributed by atoms with E-state index >= 15 is 0 Å². The van der Waals surface area contributed by atoms with Crippen molar-refractivity contribution in [2.45, 2.75) is 31.5 Å². The first-order valence-electron chi connectivity index (χ1n) is 4.92. The summed E-state index contributed by atoms with van der Waals surface area (Å²) in [6.07, 6.45) is -2.30. The summed E-state index contributed by atoms with van der Waals surface area (Å²) in [7, 11) is 1.19. The lowest BCUT2D eigenvalue weighted by Crippen LogP contribution is -2.38. The average Bonchev–Trinajstić information content (AvgIpc) is 2.53. The summed E-state index contributed by atoms with van der Waals surface area (Å²) >= 11 is 0. The Morgan fingerprint density at radius 1 is 1.53 bits per heavy atom. The number of nitrogens with zero attached hydrogens (tertiary/aromatic N) is 1. The van der Waals surface area contributed by atoms with Crippen LogP contribution in [0.5, 0.6) is 0 Å². The van der Waals surface area contributed by atoms with Gasteiger partial charge in [0, 0.05) is 19.5 Å². The monoisotopic (exact) mass is 224 g/mol. The van der Waals surface area contributed by atoms with Crippen LogP contribution >= 0.6 is 0 Å². The number of amides is 1. The number of hydrogen-bond acceptors (Lipinski definition) is 2. The highest BCUT2D eigenvalue weighted by Gasteiger charge is 2.31. The van der Waals surface area contributed by atoms with Crippen molar-refractivity contribution < 1.29 is 18.0 Å². The van der Waals surface area contributed by atoms with Crippen LogP contribution in [0.15, 0.2) is 0 Å². The van der Waals surface area contributed by atoms with Crippen molar-refractivity contribution in [2.24, 2.45) is 0 Å². The van der Waals surface area contributed by atoms with Crippen LogP contribution in [-0.4, -0.2) is 43.2 Å². The van der Waals surface area contributed by atoms with Gasteiger partial charge < -0.3 is 10.2 Å². The molecule has 3 nitrogen and oxygen atoms in total. The molecule has 1 atom stereocenters. The van der Waals surface area contributed by atoms with Crippen molar-refractivity contribution in [3.8, 4) is 0 Å². The van der Waals surface area contributed by atoms with Crippen LogP contribution in [0, 0.1) is 0 Å². The van der Waals surface area contributed by atoms with E-state index < -0.39 is 18.6 Å². The molecule has 1 rings (SSSR count). The van der Waals surface area contributed by atoms with E-state index in [-0.39, 0.29) is 12.5 Å². The van der Waals surface area contributed by atoms with Crippen LogP contribution in [-0.2, 0) is 4.79 Å². The predicted molar refractivity (Wildman–Crippen MR) is 49.3 cm³/mol. The Balaban J connectivity index is 2.32. The highest BCUT2D eigenvalue weighted by molar-refractivity contribution is 5.76. The zero-order valence-electron chi connectivity index (χ0n) is 8.60. The topological polar surface area (TPSA) is 32.3 Å². The van der Waals surface area contributed by atoms with E-state index in [2.05, 4.69) is 5.32 Å². The first kappa shape index (κ1) is 12.3. The Labute approximate surface area is 86.6 Å². The van der Waals surface area contributed by atoms with Crippen molar-refractivity contribution in [1.29, 1.82) is 0 Å². The highest BCUT2D eigenvalue weighted by Crippen LogP contribution is 2.17. The van der Waals surface area contributed by atoms with Gasteiger partial charge in [-0.15, -0.1) is 0 Å². The van der Waals surface area contributed by atoms with Crippen LogP contribution in [0.3, 0.4) is 0 Å². The lowest BCUT2D eigenvalue weighted by atomic mass is 10.1. The summed E-state index contributed by atoms with van der Waals surface area (Å²) in [5.41, 5.74) is 0. The second-order valence-electron chi connectivity index (χ2n) is 3.86. The van der Waals surface area contributed by atoms with E-state index in [1.54, 1.807) is 0 Å². The fraction of sp³-hybridized carbons (Fsp3) is 0.889. The Kier molecular flexibility index (Phi) is 3.96. The Bertz CT molecular complexity index is 224. The van der Waals surface area contributed by atoms with Gasteiger partial charge in [0.2, 0.25) is 5.91 Å². The van der Waals surface area contributed by atoms with E-state index in [4.69, 9.17) is 0 Å². The summed E-state index contributed by atoms with van der Waals surface area (Å²) < 4.78 is 35.9. The van der Waals surface area contributed by atoms with Gasteiger partial charge in [-0.05, 0) is 19.4 Å². The molecule has 1 N–H and O–H groups in total. The molecule has 15 heavy (non-hydrogen) atoms. The molecule has 1 unspecified atom stereocenters. The molecule has 1 aliphatic rings. The molecule has 1 aliphatic heterocycles. The summed E-state index contributed by atoms with van der Waals surface area (Å²) in [4.78, 5) is 12.1. The highest BCUT2D eigenvalue weighted by atomic mass is 19.4. The van der Waals surface area contributed by atoms with E-state index in [1.165, 1.54) is 7.05 Å². The molecule has 0 bridgehead atoms. The lowest BCUT2D eigenvalue weighted by molar-refractivity contribution is -0.158. The van der Waals surface area contributed by atoms with Gasteiger partial charge in [-0.2, -0.15) is 13.2 Å². The number of carbonyl (C=O) groups is 1. The molecule has 0 aliphatic carbocycles. The SMILES string of the molecule is CN(CC(F)(F)F)C(=O)CC1CCCN1. The quantitative estimate of drug-likeness (QED) is 0.780. The maximum atomic E-state index is 12.0. The van der Waals surface area contributed by atoms with Gasteiger partial charge in [-0.3, -0.25) is 4.79 Å². The van der Waals surface area contributed by atoms with Crippen molar-refractivity contribution in [3.63, 3.8) is 0 Å². The zero-order chi connectivity index (χ0) is 11.5. The van der Waals surface area contributed by atoms with E-state index in [0.717, 1.165) is 24.3 Å². The van der Waals surface area contributed by atoms with Gasteiger partial charge in [0.25, 0.3) is 0 Å². The molecule has 1 heterocycles.